The molecule has 0 fully saturated rings. The number of rotatable bonds is 2. The summed E-state index contributed by atoms with van der Waals surface area (Å²) in [5, 5.41) is 7.43. The first-order valence-corrected chi connectivity index (χ1v) is 5.06. The number of aryl methyl sites for hydroxylation is 3. The smallest absolute Gasteiger partial charge is 0.153 e. The summed E-state index contributed by atoms with van der Waals surface area (Å²) in [5.41, 5.74) is 9.25. The fraction of sp³-hybridized carbons (Fsp3) is 0.273. The first-order valence-electron chi connectivity index (χ1n) is 5.06. The molecular formula is C11H15N5. The summed E-state index contributed by atoms with van der Waals surface area (Å²) in [5.74, 6) is 0.677. The molecule has 16 heavy (non-hydrogen) atoms. The predicted molar refractivity (Wildman–Crippen MR) is 64.6 cm³/mol. The zero-order chi connectivity index (χ0) is 11.7. The first kappa shape index (κ1) is 10.5. The van der Waals surface area contributed by atoms with Crippen molar-refractivity contribution in [3.63, 3.8) is 0 Å². The standard InChI is InChI=1S/C11H15N5/c1-7-4-5-9(12)11(13-7)14-10-6-16(3)15-8(10)2/h4-6H,12H2,1-3H3,(H,13,14). The normalized spacial score (nSPS) is 10.4. The highest BCUT2D eigenvalue weighted by Gasteiger charge is 2.06. The molecule has 0 aromatic carbocycles. The third-order valence-corrected chi connectivity index (χ3v) is 2.33. The molecule has 84 valence electrons. The lowest BCUT2D eigenvalue weighted by atomic mass is 10.3. The van der Waals surface area contributed by atoms with Crippen LogP contribution >= 0.6 is 0 Å². The third-order valence-electron chi connectivity index (χ3n) is 2.33. The second-order valence-corrected chi connectivity index (χ2v) is 3.82. The van der Waals surface area contributed by atoms with E-state index in [-0.39, 0.29) is 0 Å². The lowest BCUT2D eigenvalue weighted by molar-refractivity contribution is 0.756. The second-order valence-electron chi connectivity index (χ2n) is 3.82. The van der Waals surface area contributed by atoms with Crippen molar-refractivity contribution >= 4 is 17.2 Å². The third kappa shape index (κ3) is 1.98. The summed E-state index contributed by atoms with van der Waals surface area (Å²) in [6.45, 7) is 3.87. The zero-order valence-corrected chi connectivity index (χ0v) is 9.65. The molecule has 2 heterocycles. The number of aromatic nitrogens is 3. The summed E-state index contributed by atoms with van der Waals surface area (Å²) in [4.78, 5) is 4.35. The number of nitrogens with one attached hydrogen (secondary N) is 1. The van der Waals surface area contributed by atoms with Crippen LogP contribution in [0.1, 0.15) is 11.4 Å². The number of nitrogen functional groups attached to an aromatic ring is 1. The molecule has 0 unspecified atom stereocenters. The van der Waals surface area contributed by atoms with Crippen LogP contribution in [0.25, 0.3) is 0 Å². The molecule has 0 aliphatic rings. The molecule has 0 atom stereocenters. The second kappa shape index (κ2) is 3.84. The van der Waals surface area contributed by atoms with Gasteiger partial charge in [0.05, 0.1) is 17.1 Å². The Labute approximate surface area is 94.3 Å². The van der Waals surface area contributed by atoms with Gasteiger partial charge in [-0.2, -0.15) is 5.10 Å². The molecule has 0 radical (unpaired) electrons. The fourth-order valence-electron chi connectivity index (χ4n) is 1.52. The average Bonchev–Trinajstić information content (AvgIpc) is 2.51. The summed E-state index contributed by atoms with van der Waals surface area (Å²) in [6.07, 6.45) is 1.90. The molecule has 3 N–H and O–H groups in total. The van der Waals surface area contributed by atoms with E-state index in [2.05, 4.69) is 15.4 Å². The van der Waals surface area contributed by atoms with Gasteiger partial charge in [0.1, 0.15) is 0 Å². The van der Waals surface area contributed by atoms with Gasteiger partial charge in [-0.3, -0.25) is 4.68 Å². The van der Waals surface area contributed by atoms with E-state index in [0.29, 0.717) is 11.5 Å². The average molecular weight is 217 g/mol. The Morgan fingerprint density at radius 3 is 2.69 bits per heavy atom. The van der Waals surface area contributed by atoms with Crippen LogP contribution in [0.4, 0.5) is 17.2 Å². The SMILES string of the molecule is Cc1ccc(N)c(Nc2cn(C)nc2C)n1. The molecular weight excluding hydrogens is 202 g/mol. The molecule has 2 aromatic heterocycles. The molecule has 0 bridgehead atoms. The van der Waals surface area contributed by atoms with Crippen molar-refractivity contribution in [2.75, 3.05) is 11.1 Å². The van der Waals surface area contributed by atoms with Crippen molar-refractivity contribution in [3.05, 3.63) is 29.7 Å². The van der Waals surface area contributed by atoms with Gasteiger partial charge in [0.2, 0.25) is 0 Å². The maximum atomic E-state index is 5.84. The summed E-state index contributed by atoms with van der Waals surface area (Å²) in [6, 6.07) is 3.73. The Morgan fingerprint density at radius 2 is 2.06 bits per heavy atom. The van der Waals surface area contributed by atoms with Crippen LogP contribution in [-0.2, 0) is 7.05 Å². The highest BCUT2D eigenvalue weighted by molar-refractivity contribution is 5.69. The largest absolute Gasteiger partial charge is 0.396 e. The van der Waals surface area contributed by atoms with Crippen molar-refractivity contribution in [2.24, 2.45) is 7.05 Å². The molecule has 0 saturated carbocycles. The number of hydrogen-bond donors (Lipinski definition) is 2. The van der Waals surface area contributed by atoms with Gasteiger partial charge in [0.15, 0.2) is 5.82 Å². The van der Waals surface area contributed by atoms with Gasteiger partial charge >= 0.3 is 0 Å². The van der Waals surface area contributed by atoms with Crippen LogP contribution in [0.2, 0.25) is 0 Å². The maximum Gasteiger partial charge on any atom is 0.153 e. The minimum Gasteiger partial charge on any atom is -0.396 e. The summed E-state index contributed by atoms with van der Waals surface area (Å²) in [7, 11) is 1.88. The Bertz CT molecular complexity index is 515. The first-order chi connectivity index (χ1) is 7.56. The molecule has 5 nitrogen and oxygen atoms in total. The molecule has 0 aliphatic carbocycles. The Hall–Kier alpha value is -2.04. The monoisotopic (exact) mass is 217 g/mol. The van der Waals surface area contributed by atoms with E-state index in [1.54, 1.807) is 4.68 Å². The molecule has 5 heteroatoms. The number of hydrogen-bond acceptors (Lipinski definition) is 4. The minimum absolute atomic E-state index is 0.633. The van der Waals surface area contributed by atoms with Crippen molar-refractivity contribution in [1.82, 2.24) is 14.8 Å². The number of nitrogens with two attached hydrogens (primary N) is 1. The van der Waals surface area contributed by atoms with Crippen LogP contribution in [-0.4, -0.2) is 14.8 Å². The molecule has 2 rings (SSSR count). The van der Waals surface area contributed by atoms with Gasteiger partial charge in [-0.05, 0) is 26.0 Å². The minimum atomic E-state index is 0.633. The number of anilines is 3. The zero-order valence-electron chi connectivity index (χ0n) is 9.65. The van der Waals surface area contributed by atoms with Gasteiger partial charge in [-0.25, -0.2) is 4.98 Å². The highest BCUT2D eigenvalue weighted by Crippen LogP contribution is 2.22. The summed E-state index contributed by atoms with van der Waals surface area (Å²) >= 11 is 0. The number of pyridine rings is 1. The van der Waals surface area contributed by atoms with E-state index in [0.717, 1.165) is 17.1 Å². The van der Waals surface area contributed by atoms with Gasteiger partial charge in [-0.15, -0.1) is 0 Å². The van der Waals surface area contributed by atoms with Crippen molar-refractivity contribution in [1.29, 1.82) is 0 Å². The lowest BCUT2D eigenvalue weighted by Gasteiger charge is -2.07. The molecule has 0 spiro atoms. The molecule has 0 aliphatic heterocycles. The van der Waals surface area contributed by atoms with E-state index >= 15 is 0 Å². The van der Waals surface area contributed by atoms with Crippen molar-refractivity contribution < 1.29 is 0 Å². The molecule has 0 saturated heterocycles. The van der Waals surface area contributed by atoms with Gasteiger partial charge in [-0.1, -0.05) is 0 Å². The van der Waals surface area contributed by atoms with Gasteiger partial charge in [0, 0.05) is 18.9 Å². The van der Waals surface area contributed by atoms with Crippen LogP contribution < -0.4 is 11.1 Å². The van der Waals surface area contributed by atoms with E-state index in [1.165, 1.54) is 0 Å². The maximum absolute atomic E-state index is 5.84. The van der Waals surface area contributed by atoms with Crippen molar-refractivity contribution in [3.8, 4) is 0 Å². The van der Waals surface area contributed by atoms with Crippen molar-refractivity contribution in [2.45, 2.75) is 13.8 Å². The molecule has 0 amide bonds. The molecule has 2 aromatic rings. The lowest BCUT2D eigenvalue weighted by Crippen LogP contribution is -2.00. The van der Waals surface area contributed by atoms with Crippen LogP contribution in [0.3, 0.4) is 0 Å². The number of nitrogens with zero attached hydrogens (tertiary/aromatic N) is 3. The summed E-state index contributed by atoms with van der Waals surface area (Å²) < 4.78 is 1.75. The van der Waals surface area contributed by atoms with E-state index in [9.17, 15) is 0 Å². The van der Waals surface area contributed by atoms with E-state index < -0.39 is 0 Å². The fourth-order valence-corrected chi connectivity index (χ4v) is 1.52. The van der Waals surface area contributed by atoms with Gasteiger partial charge in [0.25, 0.3) is 0 Å². The van der Waals surface area contributed by atoms with E-state index in [4.69, 9.17) is 5.73 Å². The Balaban J connectivity index is 2.33. The Kier molecular flexibility index (Phi) is 2.52. The topological polar surface area (TPSA) is 68.8 Å². The van der Waals surface area contributed by atoms with Crippen LogP contribution in [0.5, 0.6) is 0 Å². The Morgan fingerprint density at radius 1 is 1.31 bits per heavy atom. The van der Waals surface area contributed by atoms with Gasteiger partial charge < -0.3 is 11.1 Å². The predicted octanol–water partition coefficient (Wildman–Crippen LogP) is 1.76. The van der Waals surface area contributed by atoms with Crippen LogP contribution in [0.15, 0.2) is 18.3 Å². The quantitative estimate of drug-likeness (QED) is 0.804. The van der Waals surface area contributed by atoms with Crippen LogP contribution in [0, 0.1) is 13.8 Å². The van der Waals surface area contributed by atoms with E-state index in [1.807, 2.05) is 39.2 Å². The highest BCUT2D eigenvalue weighted by atomic mass is 15.3.